The van der Waals surface area contributed by atoms with Crippen LogP contribution in [0.5, 0.6) is 5.75 Å². The predicted molar refractivity (Wildman–Crippen MR) is 58.3 cm³/mol. The highest BCUT2D eigenvalue weighted by molar-refractivity contribution is 5.66. The molecule has 0 radical (unpaired) electrons. The molecule has 0 amide bonds. The van der Waals surface area contributed by atoms with E-state index in [2.05, 4.69) is 4.74 Å². The van der Waals surface area contributed by atoms with Crippen LogP contribution in [0, 0.1) is 0 Å². The summed E-state index contributed by atoms with van der Waals surface area (Å²) in [4.78, 5) is 10.3. The Bertz CT molecular complexity index is 385. The van der Waals surface area contributed by atoms with Gasteiger partial charge in [-0.1, -0.05) is 12.1 Å². The molecule has 18 heavy (non-hydrogen) atoms. The number of unbranched alkanes of at least 4 members (excludes halogenated alkanes) is 1. The van der Waals surface area contributed by atoms with Crippen molar-refractivity contribution in [2.75, 3.05) is 0 Å². The number of aliphatic carboxylic acids is 1. The van der Waals surface area contributed by atoms with Gasteiger partial charge in [0.15, 0.2) is 0 Å². The average molecular weight is 262 g/mol. The van der Waals surface area contributed by atoms with Crippen molar-refractivity contribution in [3.8, 4) is 5.75 Å². The Morgan fingerprint density at radius 1 is 1.17 bits per heavy atom. The first kappa shape index (κ1) is 14.3. The molecule has 0 saturated carbocycles. The molecule has 0 spiro atoms. The molecule has 0 aliphatic carbocycles. The van der Waals surface area contributed by atoms with E-state index in [0.717, 1.165) is 5.56 Å². The van der Waals surface area contributed by atoms with Crippen molar-refractivity contribution in [1.29, 1.82) is 0 Å². The van der Waals surface area contributed by atoms with Gasteiger partial charge in [0.05, 0.1) is 0 Å². The van der Waals surface area contributed by atoms with Gasteiger partial charge in [-0.15, -0.1) is 13.2 Å². The highest BCUT2D eigenvalue weighted by Gasteiger charge is 2.30. The standard InChI is InChI=1S/C12H13F3O3/c13-12(14,15)18-10-7-5-9(6-8-10)3-1-2-4-11(16)17/h5-8H,1-4H2,(H,16,17). The van der Waals surface area contributed by atoms with Crippen LogP contribution in [-0.4, -0.2) is 17.4 Å². The zero-order chi connectivity index (χ0) is 13.6. The minimum Gasteiger partial charge on any atom is -0.481 e. The molecule has 0 fully saturated rings. The van der Waals surface area contributed by atoms with Gasteiger partial charge in [-0.2, -0.15) is 0 Å². The molecule has 100 valence electrons. The van der Waals surface area contributed by atoms with Crippen molar-refractivity contribution < 1.29 is 27.8 Å². The molecule has 1 aromatic carbocycles. The van der Waals surface area contributed by atoms with Gasteiger partial charge in [-0.3, -0.25) is 4.79 Å². The molecular formula is C12H13F3O3. The second-order valence-corrected chi connectivity index (χ2v) is 3.79. The van der Waals surface area contributed by atoms with E-state index in [1.807, 2.05) is 0 Å². The molecule has 0 atom stereocenters. The normalized spacial score (nSPS) is 11.3. The lowest BCUT2D eigenvalue weighted by Crippen LogP contribution is -2.17. The maximum absolute atomic E-state index is 11.9. The van der Waals surface area contributed by atoms with Crippen LogP contribution in [0.25, 0.3) is 0 Å². The first-order chi connectivity index (χ1) is 8.37. The number of carbonyl (C=O) groups is 1. The fourth-order valence-corrected chi connectivity index (χ4v) is 1.46. The van der Waals surface area contributed by atoms with Crippen LogP contribution < -0.4 is 4.74 Å². The van der Waals surface area contributed by atoms with Gasteiger partial charge >= 0.3 is 12.3 Å². The summed E-state index contributed by atoms with van der Waals surface area (Å²) in [5, 5.41) is 8.43. The molecule has 1 N–H and O–H groups in total. The lowest BCUT2D eigenvalue weighted by atomic mass is 10.1. The third kappa shape index (κ3) is 6.12. The Morgan fingerprint density at radius 2 is 1.78 bits per heavy atom. The maximum Gasteiger partial charge on any atom is 0.573 e. The summed E-state index contributed by atoms with van der Waals surface area (Å²) >= 11 is 0. The van der Waals surface area contributed by atoms with E-state index in [1.165, 1.54) is 12.1 Å². The molecule has 0 aliphatic heterocycles. The van der Waals surface area contributed by atoms with E-state index in [1.54, 1.807) is 12.1 Å². The number of rotatable bonds is 6. The molecule has 6 heteroatoms. The zero-order valence-electron chi connectivity index (χ0n) is 9.54. The highest BCUT2D eigenvalue weighted by Crippen LogP contribution is 2.23. The van der Waals surface area contributed by atoms with E-state index in [-0.39, 0.29) is 12.2 Å². The van der Waals surface area contributed by atoms with E-state index in [0.29, 0.717) is 19.3 Å². The molecule has 0 bridgehead atoms. The highest BCUT2D eigenvalue weighted by atomic mass is 19.4. The average Bonchev–Trinajstić information content (AvgIpc) is 2.24. The number of ether oxygens (including phenoxy) is 1. The second kappa shape index (κ2) is 6.28. The van der Waals surface area contributed by atoms with Gasteiger partial charge in [-0.25, -0.2) is 0 Å². The Labute approximate surface area is 102 Å². The van der Waals surface area contributed by atoms with Crippen LogP contribution in [0.3, 0.4) is 0 Å². The molecule has 3 nitrogen and oxygen atoms in total. The molecule has 0 saturated heterocycles. The van der Waals surface area contributed by atoms with Gasteiger partial charge in [-0.05, 0) is 37.0 Å². The zero-order valence-corrected chi connectivity index (χ0v) is 9.54. The Kier molecular flexibility index (Phi) is 5.00. The summed E-state index contributed by atoms with van der Waals surface area (Å²) in [6, 6.07) is 5.59. The van der Waals surface area contributed by atoms with Gasteiger partial charge < -0.3 is 9.84 Å². The summed E-state index contributed by atoms with van der Waals surface area (Å²) in [5.41, 5.74) is 0.856. The Balaban J connectivity index is 2.38. The number of carboxylic acids is 1. The van der Waals surface area contributed by atoms with Crippen LogP contribution in [0.4, 0.5) is 13.2 Å². The monoisotopic (exact) mass is 262 g/mol. The van der Waals surface area contributed by atoms with Crippen LogP contribution >= 0.6 is 0 Å². The van der Waals surface area contributed by atoms with Gasteiger partial charge in [0.2, 0.25) is 0 Å². The van der Waals surface area contributed by atoms with Gasteiger partial charge in [0.25, 0.3) is 0 Å². The first-order valence-electron chi connectivity index (χ1n) is 5.43. The Hall–Kier alpha value is -1.72. The van der Waals surface area contributed by atoms with Gasteiger partial charge in [0, 0.05) is 6.42 Å². The number of benzene rings is 1. The molecule has 1 rings (SSSR count). The minimum atomic E-state index is -4.68. The molecule has 0 aliphatic rings. The van der Waals surface area contributed by atoms with Crippen molar-refractivity contribution in [3.63, 3.8) is 0 Å². The lowest BCUT2D eigenvalue weighted by molar-refractivity contribution is -0.274. The molecule has 1 aromatic rings. The van der Waals surface area contributed by atoms with Crippen molar-refractivity contribution in [3.05, 3.63) is 29.8 Å². The van der Waals surface area contributed by atoms with Crippen LogP contribution in [0.15, 0.2) is 24.3 Å². The molecular weight excluding hydrogens is 249 g/mol. The number of carboxylic acid groups (broad SMARTS) is 1. The summed E-state index contributed by atoms with van der Waals surface area (Å²) in [6.45, 7) is 0. The topological polar surface area (TPSA) is 46.5 Å². The first-order valence-corrected chi connectivity index (χ1v) is 5.43. The van der Waals surface area contributed by atoms with Gasteiger partial charge in [0.1, 0.15) is 5.75 Å². The summed E-state index contributed by atoms with van der Waals surface area (Å²) in [6.07, 6.45) is -2.69. The Morgan fingerprint density at radius 3 is 2.28 bits per heavy atom. The third-order valence-corrected chi connectivity index (χ3v) is 2.26. The summed E-state index contributed by atoms with van der Waals surface area (Å²) in [5.74, 6) is -1.10. The number of hydrogen-bond donors (Lipinski definition) is 1. The van der Waals surface area contributed by atoms with E-state index < -0.39 is 12.3 Å². The van der Waals surface area contributed by atoms with E-state index in [9.17, 15) is 18.0 Å². The fourth-order valence-electron chi connectivity index (χ4n) is 1.46. The number of halogens is 3. The fraction of sp³-hybridized carbons (Fsp3) is 0.417. The summed E-state index contributed by atoms with van der Waals surface area (Å²) < 4.78 is 39.4. The molecule has 0 aromatic heterocycles. The van der Waals surface area contributed by atoms with Crippen LogP contribution in [0.1, 0.15) is 24.8 Å². The van der Waals surface area contributed by atoms with E-state index in [4.69, 9.17) is 5.11 Å². The van der Waals surface area contributed by atoms with Crippen molar-refractivity contribution in [2.45, 2.75) is 32.0 Å². The number of hydrogen-bond acceptors (Lipinski definition) is 2. The third-order valence-electron chi connectivity index (χ3n) is 2.26. The second-order valence-electron chi connectivity index (χ2n) is 3.79. The van der Waals surface area contributed by atoms with Crippen molar-refractivity contribution >= 4 is 5.97 Å². The maximum atomic E-state index is 11.9. The smallest absolute Gasteiger partial charge is 0.481 e. The van der Waals surface area contributed by atoms with Crippen LogP contribution in [-0.2, 0) is 11.2 Å². The molecule has 0 heterocycles. The van der Waals surface area contributed by atoms with Crippen LogP contribution in [0.2, 0.25) is 0 Å². The number of aryl methyl sites for hydroxylation is 1. The number of alkyl halides is 3. The summed E-state index contributed by atoms with van der Waals surface area (Å²) in [7, 11) is 0. The largest absolute Gasteiger partial charge is 0.573 e. The van der Waals surface area contributed by atoms with E-state index >= 15 is 0 Å². The lowest BCUT2D eigenvalue weighted by Gasteiger charge is -2.09. The molecule has 0 unspecified atom stereocenters. The predicted octanol–water partition coefficient (Wildman–Crippen LogP) is 3.38. The van der Waals surface area contributed by atoms with Crippen molar-refractivity contribution in [2.24, 2.45) is 0 Å². The quantitative estimate of drug-likeness (QED) is 0.799. The minimum absolute atomic E-state index is 0.106. The van der Waals surface area contributed by atoms with Crippen molar-refractivity contribution in [1.82, 2.24) is 0 Å². The SMILES string of the molecule is O=C(O)CCCCc1ccc(OC(F)(F)F)cc1.